The molecule has 9 heteroatoms. The van der Waals surface area contributed by atoms with Gasteiger partial charge >= 0.3 is 18.0 Å². The van der Waals surface area contributed by atoms with Crippen LogP contribution in [0.4, 0.5) is 10.6 Å². The van der Waals surface area contributed by atoms with Gasteiger partial charge in [-0.3, -0.25) is 14.4 Å². The Labute approximate surface area is 200 Å². The highest BCUT2D eigenvalue weighted by atomic mass is 79.9. The van der Waals surface area contributed by atoms with Crippen LogP contribution in [0.2, 0.25) is 0 Å². The first-order valence-electron chi connectivity index (χ1n) is 10.3. The third-order valence-electron chi connectivity index (χ3n) is 5.27. The van der Waals surface area contributed by atoms with E-state index >= 15 is 0 Å². The fourth-order valence-electron chi connectivity index (χ4n) is 3.58. The van der Waals surface area contributed by atoms with Crippen LogP contribution in [0.1, 0.15) is 28.5 Å². The number of halogens is 1. The van der Waals surface area contributed by atoms with Crippen molar-refractivity contribution in [2.45, 2.75) is 13.5 Å². The summed E-state index contributed by atoms with van der Waals surface area (Å²) < 4.78 is 14.0. The molecule has 0 bridgehead atoms. The average Bonchev–Trinajstić information content (AvgIpc) is 3.14. The van der Waals surface area contributed by atoms with E-state index in [-0.39, 0.29) is 18.6 Å². The van der Waals surface area contributed by atoms with Gasteiger partial charge in [-0.1, -0.05) is 40.7 Å². The maximum Gasteiger partial charge on any atom is 0.338 e. The predicted molar refractivity (Wildman–Crippen MR) is 129 cm³/mol. The van der Waals surface area contributed by atoms with Crippen LogP contribution in [0.3, 0.4) is 0 Å². The number of anilines is 1. The van der Waals surface area contributed by atoms with Crippen LogP contribution in [0.15, 0.2) is 59.6 Å². The van der Waals surface area contributed by atoms with Gasteiger partial charge in [0.2, 0.25) is 0 Å². The lowest BCUT2D eigenvalue weighted by Gasteiger charge is -2.31. The summed E-state index contributed by atoms with van der Waals surface area (Å²) >= 11 is 3.51. The molecule has 0 saturated carbocycles. The zero-order valence-electron chi connectivity index (χ0n) is 18.5. The largest absolute Gasteiger partial charge is 0.462 e. The van der Waals surface area contributed by atoms with Crippen molar-refractivity contribution in [2.24, 2.45) is 0 Å². The summed E-state index contributed by atoms with van der Waals surface area (Å²) in [5, 5.41) is 0. The number of carbonyl (C=O) groups excluding carboxylic acids is 2. The molecular weight excluding hydrogens is 488 g/mol. The maximum absolute atomic E-state index is 12.6. The van der Waals surface area contributed by atoms with Gasteiger partial charge in [-0.05, 0) is 42.8 Å². The first-order chi connectivity index (χ1) is 15.8. The Balaban J connectivity index is 1.79. The molecular formula is C24H23BrN4O4. The van der Waals surface area contributed by atoms with E-state index in [1.54, 1.807) is 45.3 Å². The third kappa shape index (κ3) is 4.36. The van der Waals surface area contributed by atoms with Gasteiger partial charge in [-0.25, -0.2) is 9.59 Å². The number of fused-ring (bicyclic) bond motifs is 1. The number of aromatic nitrogens is 2. The molecule has 2 heterocycles. The van der Waals surface area contributed by atoms with E-state index < -0.39 is 5.97 Å². The van der Waals surface area contributed by atoms with Crippen LogP contribution in [0.5, 0.6) is 11.8 Å². The summed E-state index contributed by atoms with van der Waals surface area (Å²) in [6.07, 6.45) is 0. The van der Waals surface area contributed by atoms with Crippen LogP contribution in [-0.4, -0.2) is 47.2 Å². The average molecular weight is 511 g/mol. The molecule has 1 aliphatic heterocycles. The van der Waals surface area contributed by atoms with Gasteiger partial charge in [0.1, 0.15) is 11.4 Å². The molecule has 0 N–H and O–H groups in total. The van der Waals surface area contributed by atoms with E-state index in [4.69, 9.17) is 9.47 Å². The lowest BCUT2D eigenvalue weighted by molar-refractivity contribution is 0.0526. The first kappa shape index (κ1) is 22.6. The SMILES string of the molecule is C=C1c2c(nc(Oc3cccc(C(=O)OCC)c3)n2Cc2cccc(Br)c2)N(C)C(=O)N1C. The number of hydrogen-bond donors (Lipinski definition) is 0. The molecule has 0 saturated heterocycles. The van der Waals surface area contributed by atoms with Crippen molar-refractivity contribution in [1.82, 2.24) is 14.5 Å². The molecule has 0 unspecified atom stereocenters. The van der Waals surface area contributed by atoms with Crippen LogP contribution in [0.25, 0.3) is 5.70 Å². The van der Waals surface area contributed by atoms with E-state index in [9.17, 15) is 9.59 Å². The standard InChI is InChI=1S/C24H23BrN4O4/c1-5-32-22(30)17-9-7-11-19(13-17)33-23-26-21-20(15(2)27(3)24(31)28(21)4)29(23)14-16-8-6-10-18(25)12-16/h6-13H,2,5,14H2,1,3-4H3. The van der Waals surface area contributed by atoms with Gasteiger partial charge in [0, 0.05) is 18.6 Å². The number of ether oxygens (including phenoxy) is 2. The van der Waals surface area contributed by atoms with Crippen molar-refractivity contribution in [3.05, 3.63) is 76.4 Å². The third-order valence-corrected chi connectivity index (χ3v) is 5.76. The van der Waals surface area contributed by atoms with Gasteiger partial charge in [0.15, 0.2) is 5.82 Å². The second-order valence-corrected chi connectivity index (χ2v) is 8.40. The summed E-state index contributed by atoms with van der Waals surface area (Å²) in [7, 11) is 3.33. The van der Waals surface area contributed by atoms with E-state index in [0.29, 0.717) is 35.1 Å². The number of carbonyl (C=O) groups is 2. The molecule has 0 aliphatic carbocycles. The second kappa shape index (κ2) is 9.11. The fraction of sp³-hybridized carbons (Fsp3) is 0.208. The molecule has 0 fully saturated rings. The highest BCUT2D eigenvalue weighted by molar-refractivity contribution is 9.10. The summed E-state index contributed by atoms with van der Waals surface area (Å²) in [6.45, 7) is 6.58. The smallest absolute Gasteiger partial charge is 0.338 e. The number of esters is 1. The molecule has 0 atom stereocenters. The number of nitrogens with zero attached hydrogens (tertiary/aromatic N) is 4. The van der Waals surface area contributed by atoms with E-state index in [2.05, 4.69) is 27.5 Å². The number of benzene rings is 2. The molecule has 2 aromatic carbocycles. The highest BCUT2D eigenvalue weighted by Crippen LogP contribution is 2.38. The number of urea groups is 1. The monoisotopic (exact) mass is 510 g/mol. The Hall–Kier alpha value is -3.59. The number of imidazole rings is 1. The van der Waals surface area contributed by atoms with Gasteiger partial charge in [0.05, 0.1) is 24.4 Å². The highest BCUT2D eigenvalue weighted by Gasteiger charge is 2.35. The summed E-state index contributed by atoms with van der Waals surface area (Å²) in [4.78, 5) is 32.3. The van der Waals surface area contributed by atoms with Crippen molar-refractivity contribution in [3.63, 3.8) is 0 Å². The predicted octanol–water partition coefficient (Wildman–Crippen LogP) is 5.14. The zero-order valence-corrected chi connectivity index (χ0v) is 20.1. The summed E-state index contributed by atoms with van der Waals surface area (Å²) in [5.41, 5.74) is 2.58. The van der Waals surface area contributed by atoms with Crippen LogP contribution in [0, 0.1) is 0 Å². The van der Waals surface area contributed by atoms with Crippen molar-refractivity contribution in [3.8, 4) is 11.8 Å². The molecule has 170 valence electrons. The van der Waals surface area contributed by atoms with Crippen molar-refractivity contribution in [1.29, 1.82) is 0 Å². The topological polar surface area (TPSA) is 76.9 Å². The Morgan fingerprint density at radius 2 is 1.88 bits per heavy atom. The van der Waals surface area contributed by atoms with Crippen molar-refractivity contribution in [2.75, 3.05) is 25.6 Å². The van der Waals surface area contributed by atoms with Gasteiger partial charge in [-0.15, -0.1) is 0 Å². The second-order valence-electron chi connectivity index (χ2n) is 7.48. The number of amides is 2. The van der Waals surface area contributed by atoms with Crippen LogP contribution >= 0.6 is 15.9 Å². The molecule has 3 aromatic rings. The van der Waals surface area contributed by atoms with E-state index in [1.807, 2.05) is 28.8 Å². The van der Waals surface area contributed by atoms with Gasteiger partial charge in [0.25, 0.3) is 0 Å². The van der Waals surface area contributed by atoms with Crippen LogP contribution < -0.4 is 9.64 Å². The van der Waals surface area contributed by atoms with E-state index in [1.165, 1.54) is 9.80 Å². The Morgan fingerprint density at radius 1 is 1.12 bits per heavy atom. The molecule has 4 rings (SSSR count). The van der Waals surface area contributed by atoms with Gasteiger partial charge < -0.3 is 9.47 Å². The minimum absolute atomic E-state index is 0.240. The lowest BCUT2D eigenvalue weighted by atomic mass is 10.2. The van der Waals surface area contributed by atoms with Crippen molar-refractivity contribution >= 4 is 39.4 Å². The molecule has 33 heavy (non-hydrogen) atoms. The van der Waals surface area contributed by atoms with Gasteiger partial charge in [-0.2, -0.15) is 4.98 Å². The Kier molecular flexibility index (Phi) is 6.24. The Bertz CT molecular complexity index is 1250. The van der Waals surface area contributed by atoms with Crippen LogP contribution in [-0.2, 0) is 11.3 Å². The molecule has 0 spiro atoms. The molecule has 0 radical (unpaired) electrons. The number of rotatable bonds is 6. The first-order valence-corrected chi connectivity index (χ1v) is 11.1. The molecule has 8 nitrogen and oxygen atoms in total. The fourth-order valence-corrected chi connectivity index (χ4v) is 4.02. The molecule has 1 aliphatic rings. The summed E-state index contributed by atoms with van der Waals surface area (Å²) in [6, 6.07) is 14.6. The molecule has 2 amide bonds. The normalized spacial score (nSPS) is 13.2. The number of hydrogen-bond acceptors (Lipinski definition) is 5. The zero-order chi connectivity index (χ0) is 23.7. The Morgan fingerprint density at radius 3 is 2.61 bits per heavy atom. The van der Waals surface area contributed by atoms with E-state index in [0.717, 1.165) is 10.0 Å². The quantitative estimate of drug-likeness (QED) is 0.429. The maximum atomic E-state index is 12.6. The van der Waals surface area contributed by atoms with Crippen molar-refractivity contribution < 1.29 is 19.1 Å². The summed E-state index contributed by atoms with van der Waals surface area (Å²) in [5.74, 6) is 0.445. The lowest BCUT2D eigenvalue weighted by Crippen LogP contribution is -2.42. The molecule has 1 aromatic heterocycles. The minimum Gasteiger partial charge on any atom is -0.462 e. The minimum atomic E-state index is -0.431.